The summed E-state index contributed by atoms with van der Waals surface area (Å²) in [7, 11) is 0. The van der Waals surface area contributed by atoms with E-state index in [-0.39, 0.29) is 0 Å². The van der Waals surface area contributed by atoms with Crippen molar-refractivity contribution in [3.63, 3.8) is 0 Å². The third-order valence-corrected chi connectivity index (χ3v) is 5.59. The average Bonchev–Trinajstić information content (AvgIpc) is 2.89. The molecule has 5 rings (SSSR count). The Bertz CT molecular complexity index is 1490. The Labute approximate surface area is 196 Å². The van der Waals surface area contributed by atoms with Crippen LogP contribution in [0.2, 0.25) is 5.02 Å². The van der Waals surface area contributed by atoms with E-state index in [0.717, 1.165) is 27.8 Å². The Morgan fingerprint density at radius 2 is 1.12 bits per heavy atom. The summed E-state index contributed by atoms with van der Waals surface area (Å²) in [5.41, 5.74) is 4.86. The Kier molecular flexibility index (Phi) is 5.63. The van der Waals surface area contributed by atoms with E-state index in [1.54, 1.807) is 0 Å². The molecule has 156 valence electrons. The summed E-state index contributed by atoms with van der Waals surface area (Å²) in [6, 6.07) is 35.0. The molecule has 0 fully saturated rings. The molecule has 0 bridgehead atoms. The molecule has 33 heavy (non-hydrogen) atoms. The highest BCUT2D eigenvalue weighted by Gasteiger charge is 2.14. The first-order valence-corrected chi connectivity index (χ1v) is 10.8. The topological polar surface area (TPSA) is 62.5 Å². The molecular formula is C28H17ClN4. The molecule has 0 aliphatic heterocycles. The van der Waals surface area contributed by atoms with Gasteiger partial charge < -0.3 is 0 Å². The second kappa shape index (κ2) is 9.04. The molecule has 5 heteroatoms. The van der Waals surface area contributed by atoms with Crippen molar-refractivity contribution in [2.45, 2.75) is 0 Å². The van der Waals surface area contributed by atoms with Crippen molar-refractivity contribution >= 4 is 11.6 Å². The van der Waals surface area contributed by atoms with Crippen molar-refractivity contribution in [1.82, 2.24) is 15.0 Å². The van der Waals surface area contributed by atoms with Crippen LogP contribution in [0.5, 0.6) is 0 Å². The number of aromatic nitrogens is 3. The second-order valence-electron chi connectivity index (χ2n) is 7.39. The molecule has 4 aromatic carbocycles. The van der Waals surface area contributed by atoms with E-state index in [4.69, 9.17) is 26.6 Å². The zero-order valence-electron chi connectivity index (χ0n) is 17.5. The lowest BCUT2D eigenvalue weighted by Crippen LogP contribution is -2.00. The minimum Gasteiger partial charge on any atom is -0.208 e. The Morgan fingerprint density at radius 3 is 1.88 bits per heavy atom. The number of benzene rings is 4. The van der Waals surface area contributed by atoms with Gasteiger partial charge in [-0.3, -0.25) is 0 Å². The molecular weight excluding hydrogens is 428 g/mol. The van der Waals surface area contributed by atoms with Gasteiger partial charge in [0.1, 0.15) is 0 Å². The Hall–Kier alpha value is -4.33. The third-order valence-electron chi connectivity index (χ3n) is 5.26. The number of hydrogen-bond acceptors (Lipinski definition) is 4. The van der Waals surface area contributed by atoms with Crippen molar-refractivity contribution in [3.8, 4) is 51.4 Å². The maximum absolute atomic E-state index is 9.52. The summed E-state index contributed by atoms with van der Waals surface area (Å²) >= 11 is 6.46. The highest BCUT2D eigenvalue weighted by molar-refractivity contribution is 6.33. The first-order valence-electron chi connectivity index (χ1n) is 10.4. The van der Waals surface area contributed by atoms with Gasteiger partial charge in [0.2, 0.25) is 0 Å². The van der Waals surface area contributed by atoms with Gasteiger partial charge in [-0.1, -0.05) is 90.5 Å². The van der Waals surface area contributed by atoms with Gasteiger partial charge >= 0.3 is 0 Å². The molecule has 0 N–H and O–H groups in total. The fourth-order valence-corrected chi connectivity index (χ4v) is 3.86. The largest absolute Gasteiger partial charge is 0.208 e. The zero-order valence-corrected chi connectivity index (χ0v) is 18.2. The first-order chi connectivity index (χ1) is 16.2. The highest BCUT2D eigenvalue weighted by atomic mass is 35.5. The van der Waals surface area contributed by atoms with Crippen molar-refractivity contribution in [1.29, 1.82) is 5.26 Å². The van der Waals surface area contributed by atoms with Crippen LogP contribution in [0, 0.1) is 11.3 Å². The quantitative estimate of drug-likeness (QED) is 0.297. The molecule has 0 saturated carbocycles. The monoisotopic (exact) mass is 444 g/mol. The SMILES string of the molecule is N#Cc1ccccc1-c1cccc(-c2nc(-c3ccccc3)nc(-c3ccccc3Cl)n2)c1. The molecule has 0 unspecified atom stereocenters. The predicted octanol–water partition coefficient (Wildman–Crippen LogP) is 7.06. The fourth-order valence-electron chi connectivity index (χ4n) is 3.64. The summed E-state index contributed by atoms with van der Waals surface area (Å²) in [5.74, 6) is 1.61. The van der Waals surface area contributed by atoms with Crippen LogP contribution in [0.15, 0.2) is 103 Å². The molecule has 0 amide bonds. The van der Waals surface area contributed by atoms with E-state index in [1.807, 2.05) is 103 Å². The first kappa shape index (κ1) is 20.6. The normalized spacial score (nSPS) is 10.5. The zero-order chi connectivity index (χ0) is 22.6. The van der Waals surface area contributed by atoms with Gasteiger partial charge in [0.15, 0.2) is 17.5 Å². The number of rotatable bonds is 4. The third kappa shape index (κ3) is 4.23. The van der Waals surface area contributed by atoms with E-state index >= 15 is 0 Å². The molecule has 0 spiro atoms. The van der Waals surface area contributed by atoms with Gasteiger partial charge in [0.05, 0.1) is 16.7 Å². The highest BCUT2D eigenvalue weighted by Crippen LogP contribution is 2.31. The standard InChI is InChI=1S/C28H17ClN4/c29-25-16-7-6-15-24(25)28-32-26(19-9-2-1-3-10-19)31-27(33-28)21-13-8-12-20(17-21)23-14-5-4-11-22(23)18-30/h1-17H. The minimum absolute atomic E-state index is 0.507. The molecule has 1 aromatic heterocycles. The Balaban J connectivity index is 1.69. The molecule has 5 aromatic rings. The van der Waals surface area contributed by atoms with Crippen molar-refractivity contribution < 1.29 is 0 Å². The van der Waals surface area contributed by atoms with E-state index in [0.29, 0.717) is 28.1 Å². The molecule has 0 atom stereocenters. The van der Waals surface area contributed by atoms with Crippen molar-refractivity contribution in [3.05, 3.63) is 114 Å². The molecule has 0 radical (unpaired) electrons. The lowest BCUT2D eigenvalue weighted by molar-refractivity contribution is 1.07. The molecule has 0 aliphatic carbocycles. The maximum atomic E-state index is 9.52. The summed E-state index contributed by atoms with van der Waals surface area (Å²) in [5, 5.41) is 10.1. The van der Waals surface area contributed by atoms with Crippen LogP contribution in [-0.4, -0.2) is 15.0 Å². The van der Waals surface area contributed by atoms with E-state index in [9.17, 15) is 5.26 Å². The summed E-state index contributed by atoms with van der Waals surface area (Å²) in [4.78, 5) is 14.3. The molecule has 4 nitrogen and oxygen atoms in total. The number of nitriles is 1. The van der Waals surface area contributed by atoms with E-state index < -0.39 is 0 Å². The summed E-state index contributed by atoms with van der Waals surface area (Å²) < 4.78 is 0. The molecule has 0 aliphatic rings. The van der Waals surface area contributed by atoms with Crippen LogP contribution in [0.4, 0.5) is 0 Å². The van der Waals surface area contributed by atoms with Crippen LogP contribution in [0.1, 0.15) is 5.56 Å². The predicted molar refractivity (Wildman–Crippen MR) is 131 cm³/mol. The number of hydrogen-bond donors (Lipinski definition) is 0. The van der Waals surface area contributed by atoms with Crippen molar-refractivity contribution in [2.75, 3.05) is 0 Å². The lowest BCUT2D eigenvalue weighted by Gasteiger charge is -2.10. The van der Waals surface area contributed by atoms with Crippen LogP contribution in [-0.2, 0) is 0 Å². The van der Waals surface area contributed by atoms with E-state index in [2.05, 4.69) is 6.07 Å². The minimum atomic E-state index is 0.507. The van der Waals surface area contributed by atoms with Crippen LogP contribution < -0.4 is 0 Å². The van der Waals surface area contributed by atoms with Gasteiger partial charge in [-0.2, -0.15) is 5.26 Å². The smallest absolute Gasteiger partial charge is 0.165 e. The average molecular weight is 445 g/mol. The van der Waals surface area contributed by atoms with Crippen molar-refractivity contribution in [2.24, 2.45) is 0 Å². The number of nitrogens with zero attached hydrogens (tertiary/aromatic N) is 4. The fraction of sp³-hybridized carbons (Fsp3) is 0. The van der Waals surface area contributed by atoms with Gasteiger partial charge in [-0.15, -0.1) is 0 Å². The molecule has 0 saturated heterocycles. The van der Waals surface area contributed by atoms with Crippen LogP contribution in [0.3, 0.4) is 0 Å². The molecule has 1 heterocycles. The van der Waals surface area contributed by atoms with Gasteiger partial charge in [-0.05, 0) is 35.4 Å². The van der Waals surface area contributed by atoms with Gasteiger partial charge in [0.25, 0.3) is 0 Å². The van der Waals surface area contributed by atoms with Gasteiger partial charge in [0, 0.05) is 16.7 Å². The Morgan fingerprint density at radius 1 is 0.545 bits per heavy atom. The maximum Gasteiger partial charge on any atom is 0.165 e. The summed E-state index contributed by atoms with van der Waals surface area (Å²) in [6.45, 7) is 0. The van der Waals surface area contributed by atoms with Crippen LogP contribution >= 0.6 is 11.6 Å². The van der Waals surface area contributed by atoms with E-state index in [1.165, 1.54) is 0 Å². The number of halogens is 1. The van der Waals surface area contributed by atoms with Crippen LogP contribution in [0.25, 0.3) is 45.3 Å². The second-order valence-corrected chi connectivity index (χ2v) is 7.80. The summed E-state index contributed by atoms with van der Waals surface area (Å²) in [6.07, 6.45) is 0. The van der Waals surface area contributed by atoms with Gasteiger partial charge in [-0.25, -0.2) is 15.0 Å². The lowest BCUT2D eigenvalue weighted by atomic mass is 9.98.